The molecule has 1 aromatic rings. The number of nitrogens with zero attached hydrogens (tertiary/aromatic N) is 1. The van der Waals surface area contributed by atoms with Crippen molar-refractivity contribution in [1.82, 2.24) is 9.97 Å². The molecule has 0 aliphatic rings. The zero-order valence-corrected chi connectivity index (χ0v) is 8.68. The first-order valence-corrected chi connectivity index (χ1v) is 5.87. The lowest BCUT2D eigenvalue weighted by Crippen LogP contribution is -2.19. The molecule has 14 heavy (non-hydrogen) atoms. The van der Waals surface area contributed by atoms with Crippen molar-refractivity contribution < 1.29 is 8.42 Å². The molecule has 0 bridgehead atoms. The first-order chi connectivity index (χ1) is 6.45. The maximum absolute atomic E-state index is 11.2. The third kappa shape index (κ3) is 2.32. The van der Waals surface area contributed by atoms with E-state index in [1.807, 2.05) is 6.92 Å². The molecule has 0 amide bonds. The molecule has 2 N–H and O–H groups in total. The number of aromatic nitrogens is 2. The Labute approximate surface area is 81.3 Å². The lowest BCUT2D eigenvalue weighted by Gasteiger charge is -2.01. The Hall–Kier alpha value is -1.37. The second kappa shape index (κ2) is 3.79. The summed E-state index contributed by atoms with van der Waals surface area (Å²) in [6, 6.07) is 0. The molecule has 0 aromatic carbocycles. The first kappa shape index (κ1) is 10.7. The van der Waals surface area contributed by atoms with Crippen LogP contribution in [0.5, 0.6) is 0 Å². The molecule has 0 saturated carbocycles. The van der Waals surface area contributed by atoms with Crippen LogP contribution in [-0.2, 0) is 9.84 Å². The van der Waals surface area contributed by atoms with E-state index in [1.54, 1.807) is 0 Å². The van der Waals surface area contributed by atoms with Crippen molar-refractivity contribution in [3.8, 4) is 0 Å². The minimum Gasteiger partial charge on any atom is -0.356 e. The van der Waals surface area contributed by atoms with Gasteiger partial charge in [-0.25, -0.2) is 13.4 Å². The molecule has 0 saturated heterocycles. The number of aromatic amines is 1. The van der Waals surface area contributed by atoms with E-state index in [1.165, 1.54) is 0 Å². The Balaban J connectivity index is 3.22. The van der Waals surface area contributed by atoms with Gasteiger partial charge < -0.3 is 5.32 Å². The number of hydrogen-bond acceptors (Lipinski definition) is 5. The molecule has 7 heteroatoms. The largest absolute Gasteiger partial charge is 0.356 e. The van der Waals surface area contributed by atoms with Crippen molar-refractivity contribution in [2.75, 3.05) is 18.1 Å². The van der Waals surface area contributed by atoms with E-state index < -0.39 is 15.4 Å². The summed E-state index contributed by atoms with van der Waals surface area (Å²) < 4.78 is 22.1. The maximum atomic E-state index is 11.2. The van der Waals surface area contributed by atoms with E-state index in [9.17, 15) is 13.2 Å². The second-order valence-corrected chi connectivity index (χ2v) is 4.71. The van der Waals surface area contributed by atoms with Crippen LogP contribution in [0.15, 0.2) is 15.9 Å². The Morgan fingerprint density at radius 2 is 2.21 bits per heavy atom. The lowest BCUT2D eigenvalue weighted by molar-refractivity contribution is 0.600. The van der Waals surface area contributed by atoms with Crippen LogP contribution in [0.2, 0.25) is 0 Å². The van der Waals surface area contributed by atoms with Crippen molar-refractivity contribution in [1.29, 1.82) is 0 Å². The van der Waals surface area contributed by atoms with E-state index in [-0.39, 0.29) is 10.8 Å². The zero-order chi connectivity index (χ0) is 10.8. The molecule has 78 valence electrons. The average Bonchev–Trinajstić information content (AvgIpc) is 2.02. The molecule has 0 radical (unpaired) electrons. The predicted molar refractivity (Wildman–Crippen MR) is 52.1 cm³/mol. The normalized spacial score (nSPS) is 11.3. The Morgan fingerprint density at radius 3 is 2.64 bits per heavy atom. The molecule has 0 aliphatic carbocycles. The van der Waals surface area contributed by atoms with Gasteiger partial charge in [0, 0.05) is 12.8 Å². The van der Waals surface area contributed by atoms with Gasteiger partial charge in [-0.05, 0) is 6.92 Å². The van der Waals surface area contributed by atoms with Crippen LogP contribution in [0.3, 0.4) is 0 Å². The van der Waals surface area contributed by atoms with E-state index in [4.69, 9.17) is 0 Å². The molecule has 1 rings (SSSR count). The van der Waals surface area contributed by atoms with E-state index in [0.717, 1.165) is 12.5 Å². The lowest BCUT2D eigenvalue weighted by atomic mass is 10.6. The Morgan fingerprint density at radius 1 is 1.57 bits per heavy atom. The molecule has 0 atom stereocenters. The van der Waals surface area contributed by atoms with Crippen LogP contribution in [0.1, 0.15) is 6.92 Å². The molecular weight excluding hydrogens is 206 g/mol. The van der Waals surface area contributed by atoms with Gasteiger partial charge in [-0.1, -0.05) is 0 Å². The summed E-state index contributed by atoms with van der Waals surface area (Å²) in [6.45, 7) is 2.44. The van der Waals surface area contributed by atoms with Crippen molar-refractivity contribution in [3.63, 3.8) is 0 Å². The summed E-state index contributed by atoms with van der Waals surface area (Å²) in [5.74, 6) is 0.268. The maximum Gasteiger partial charge on any atom is 0.271 e. The summed E-state index contributed by atoms with van der Waals surface area (Å²) in [7, 11) is -3.50. The summed E-state index contributed by atoms with van der Waals surface area (Å²) in [5, 5.41) is 2.77. The monoisotopic (exact) mass is 217 g/mol. The summed E-state index contributed by atoms with van der Waals surface area (Å²) >= 11 is 0. The molecular formula is C7H11N3O3S. The van der Waals surface area contributed by atoms with Crippen LogP contribution >= 0.6 is 0 Å². The molecule has 0 spiro atoms. The fourth-order valence-electron chi connectivity index (χ4n) is 0.905. The summed E-state index contributed by atoms with van der Waals surface area (Å²) in [6.07, 6.45) is 2.01. The number of anilines is 1. The molecule has 0 aliphatic heterocycles. The van der Waals surface area contributed by atoms with Crippen LogP contribution in [-0.4, -0.2) is 31.2 Å². The molecule has 1 aromatic heterocycles. The highest BCUT2D eigenvalue weighted by molar-refractivity contribution is 7.90. The minimum atomic E-state index is -3.50. The van der Waals surface area contributed by atoms with Crippen LogP contribution in [0.25, 0.3) is 0 Å². The van der Waals surface area contributed by atoms with Gasteiger partial charge in [0.2, 0.25) is 5.95 Å². The van der Waals surface area contributed by atoms with Crippen molar-refractivity contribution >= 4 is 15.8 Å². The number of rotatable bonds is 3. The van der Waals surface area contributed by atoms with Crippen molar-refractivity contribution in [2.24, 2.45) is 0 Å². The molecule has 6 nitrogen and oxygen atoms in total. The number of sulfone groups is 1. The smallest absolute Gasteiger partial charge is 0.271 e. The fourth-order valence-corrected chi connectivity index (χ4v) is 1.54. The molecule has 1 heterocycles. The highest BCUT2D eigenvalue weighted by Crippen LogP contribution is 2.00. The highest BCUT2D eigenvalue weighted by atomic mass is 32.2. The number of H-pyrrole nitrogens is 1. The van der Waals surface area contributed by atoms with Crippen LogP contribution in [0, 0.1) is 0 Å². The number of nitrogens with one attached hydrogen (secondary N) is 2. The quantitative estimate of drug-likeness (QED) is 0.719. The van der Waals surface area contributed by atoms with Gasteiger partial charge in [0.05, 0.1) is 6.20 Å². The zero-order valence-electron chi connectivity index (χ0n) is 7.86. The first-order valence-electron chi connectivity index (χ1n) is 3.98. The van der Waals surface area contributed by atoms with Gasteiger partial charge in [-0.15, -0.1) is 0 Å². The third-order valence-electron chi connectivity index (χ3n) is 1.51. The van der Waals surface area contributed by atoms with E-state index in [2.05, 4.69) is 15.3 Å². The van der Waals surface area contributed by atoms with Gasteiger partial charge in [0.25, 0.3) is 5.56 Å². The van der Waals surface area contributed by atoms with E-state index in [0.29, 0.717) is 6.54 Å². The standard InChI is InChI=1S/C7H11N3O3S/c1-3-8-7-9-4-5(6(11)10-7)14(2,12)13/h4H,3H2,1-2H3,(H2,8,9,10,11). The fraction of sp³-hybridized carbons (Fsp3) is 0.429. The summed E-state index contributed by atoms with van der Waals surface area (Å²) in [5.41, 5.74) is -0.654. The van der Waals surface area contributed by atoms with Crippen LogP contribution in [0.4, 0.5) is 5.95 Å². The third-order valence-corrected chi connectivity index (χ3v) is 2.60. The van der Waals surface area contributed by atoms with Crippen molar-refractivity contribution in [3.05, 3.63) is 16.6 Å². The Bertz CT molecular complexity index is 477. The SMILES string of the molecule is CCNc1ncc(S(C)(=O)=O)c(=O)[nH]1. The topological polar surface area (TPSA) is 91.9 Å². The highest BCUT2D eigenvalue weighted by Gasteiger charge is 2.12. The molecule has 0 unspecified atom stereocenters. The van der Waals surface area contributed by atoms with Gasteiger partial charge >= 0.3 is 0 Å². The average molecular weight is 217 g/mol. The van der Waals surface area contributed by atoms with Gasteiger partial charge in [0.15, 0.2) is 9.84 Å². The van der Waals surface area contributed by atoms with Crippen LogP contribution < -0.4 is 10.9 Å². The van der Waals surface area contributed by atoms with Crippen molar-refractivity contribution in [2.45, 2.75) is 11.8 Å². The second-order valence-electron chi connectivity index (χ2n) is 2.73. The minimum absolute atomic E-state index is 0.268. The molecule has 0 fully saturated rings. The van der Waals surface area contributed by atoms with E-state index >= 15 is 0 Å². The number of hydrogen-bond donors (Lipinski definition) is 2. The summed E-state index contributed by atoms with van der Waals surface area (Å²) in [4.78, 5) is 17.0. The van der Waals surface area contributed by atoms with Gasteiger partial charge in [0.1, 0.15) is 4.90 Å². The van der Waals surface area contributed by atoms with Gasteiger partial charge in [-0.3, -0.25) is 9.78 Å². The predicted octanol–water partition coefficient (Wildman–Crippen LogP) is -0.395. The Kier molecular flexibility index (Phi) is 2.90. The van der Waals surface area contributed by atoms with Gasteiger partial charge in [-0.2, -0.15) is 0 Å².